The number of nitrogens with one attached hydrogen (secondary N) is 3. The molecule has 2 aliphatic rings. The number of benzene rings is 3. The maximum absolute atomic E-state index is 13.1. The normalized spacial score (nSPS) is 16.7. The number of aliphatic carboxylic acids is 1. The lowest BCUT2D eigenvalue weighted by molar-refractivity contribution is -0.137. The van der Waals surface area contributed by atoms with Gasteiger partial charge in [-0.05, 0) is 47.4 Å². The second-order valence-corrected chi connectivity index (χ2v) is 9.77. The number of fused-ring (bicyclic) bond motifs is 1. The molecule has 3 aromatic carbocycles. The molecule has 37 heavy (non-hydrogen) atoms. The van der Waals surface area contributed by atoms with Crippen molar-refractivity contribution >= 4 is 46.1 Å². The Morgan fingerprint density at radius 3 is 2.38 bits per heavy atom. The number of carboxylic acid groups (broad SMARTS) is 1. The van der Waals surface area contributed by atoms with E-state index in [1.807, 2.05) is 42.5 Å². The van der Waals surface area contributed by atoms with Crippen LogP contribution in [0.4, 0.5) is 11.4 Å². The molecule has 3 aromatic rings. The van der Waals surface area contributed by atoms with Crippen LogP contribution in [0.3, 0.4) is 0 Å². The van der Waals surface area contributed by atoms with Gasteiger partial charge in [-0.3, -0.25) is 14.5 Å². The first-order valence-corrected chi connectivity index (χ1v) is 12.8. The Kier molecular flexibility index (Phi) is 7.55. The number of halogens is 1. The van der Waals surface area contributed by atoms with Crippen LogP contribution in [0.15, 0.2) is 66.7 Å². The van der Waals surface area contributed by atoms with Gasteiger partial charge in [-0.15, -0.1) is 0 Å². The van der Waals surface area contributed by atoms with Gasteiger partial charge in [0.05, 0.1) is 17.0 Å². The Bertz CT molecular complexity index is 1330. The summed E-state index contributed by atoms with van der Waals surface area (Å²) in [4.78, 5) is 26.5. The third kappa shape index (κ3) is 6.02. The maximum Gasteiger partial charge on any atom is 0.303 e. The monoisotopic (exact) mass is 516 g/mol. The van der Waals surface area contributed by atoms with Crippen LogP contribution in [0.25, 0.3) is 11.3 Å². The number of hydrogen-bond donors (Lipinski definition) is 4. The molecule has 0 unspecified atom stereocenters. The van der Waals surface area contributed by atoms with E-state index in [-0.39, 0.29) is 12.3 Å². The molecule has 5 rings (SSSR count). The predicted octanol–water partition coefficient (Wildman–Crippen LogP) is 4.69. The van der Waals surface area contributed by atoms with Crippen LogP contribution in [0.5, 0.6) is 0 Å². The third-order valence-electron chi connectivity index (χ3n) is 6.69. The lowest BCUT2D eigenvalue weighted by atomic mass is 9.98. The smallest absolute Gasteiger partial charge is 0.303 e. The second-order valence-electron chi connectivity index (χ2n) is 9.33. The predicted molar refractivity (Wildman–Crippen MR) is 148 cm³/mol. The van der Waals surface area contributed by atoms with Crippen LogP contribution < -0.4 is 16.0 Å². The topological polar surface area (TPSA) is 93.7 Å². The molecule has 190 valence electrons. The molecule has 8 heteroatoms. The van der Waals surface area contributed by atoms with Gasteiger partial charge in [0, 0.05) is 55.4 Å². The first kappa shape index (κ1) is 25.0. The van der Waals surface area contributed by atoms with Crippen LogP contribution in [0.2, 0.25) is 5.02 Å². The van der Waals surface area contributed by atoms with Crippen LogP contribution in [-0.2, 0) is 22.6 Å². The van der Waals surface area contributed by atoms with Gasteiger partial charge < -0.3 is 21.1 Å². The maximum atomic E-state index is 13.1. The molecule has 2 heterocycles. The summed E-state index contributed by atoms with van der Waals surface area (Å²) in [5.74, 6) is -1.03. The van der Waals surface area contributed by atoms with Crippen molar-refractivity contribution in [2.24, 2.45) is 0 Å². The van der Waals surface area contributed by atoms with Crippen molar-refractivity contribution in [1.29, 1.82) is 0 Å². The van der Waals surface area contributed by atoms with Crippen LogP contribution in [-0.4, -0.2) is 48.1 Å². The number of aryl methyl sites for hydroxylation is 1. The molecule has 1 saturated heterocycles. The average molecular weight is 517 g/mol. The van der Waals surface area contributed by atoms with Gasteiger partial charge in [-0.25, -0.2) is 0 Å². The summed E-state index contributed by atoms with van der Waals surface area (Å²) in [5.41, 5.74) is 6.54. The van der Waals surface area contributed by atoms with Crippen LogP contribution in [0.1, 0.15) is 28.7 Å². The molecule has 1 amide bonds. The van der Waals surface area contributed by atoms with Crippen molar-refractivity contribution in [1.82, 2.24) is 10.2 Å². The summed E-state index contributed by atoms with van der Waals surface area (Å²) in [6.45, 7) is 5.01. The first-order chi connectivity index (χ1) is 18.0. The van der Waals surface area contributed by atoms with E-state index >= 15 is 0 Å². The zero-order valence-corrected chi connectivity index (χ0v) is 21.1. The van der Waals surface area contributed by atoms with Crippen LogP contribution >= 0.6 is 11.6 Å². The number of rotatable bonds is 8. The highest BCUT2D eigenvalue weighted by atomic mass is 35.5. The number of amides is 1. The molecule has 0 atom stereocenters. The van der Waals surface area contributed by atoms with Crippen molar-refractivity contribution in [2.45, 2.75) is 19.4 Å². The van der Waals surface area contributed by atoms with Crippen molar-refractivity contribution in [3.8, 4) is 0 Å². The molecule has 0 radical (unpaired) electrons. The Hall–Kier alpha value is -3.65. The van der Waals surface area contributed by atoms with Crippen LogP contribution in [0, 0.1) is 0 Å². The highest BCUT2D eigenvalue weighted by Crippen LogP contribution is 2.38. The summed E-state index contributed by atoms with van der Waals surface area (Å²) in [6, 6.07) is 21.3. The highest BCUT2D eigenvalue weighted by Gasteiger charge is 2.28. The Morgan fingerprint density at radius 2 is 1.68 bits per heavy atom. The van der Waals surface area contributed by atoms with E-state index in [2.05, 4.69) is 33.0 Å². The molecule has 0 spiro atoms. The average Bonchev–Trinajstić information content (AvgIpc) is 3.22. The summed E-state index contributed by atoms with van der Waals surface area (Å²) in [7, 11) is 0. The van der Waals surface area contributed by atoms with Gasteiger partial charge in [0.25, 0.3) is 5.91 Å². The standard InChI is InChI=1S/C29H29ClN4O3/c30-22-8-11-24-25(17-22)33-29(37)27(24)28(21-6-1-19(2-7-21)5-12-26(35)36)32-23-9-3-20(4-10-23)18-34-15-13-31-14-16-34/h1-4,6-11,17,31-32H,5,12-16,18H2,(H,33,37)(H,35,36)/b28-27-. The SMILES string of the molecule is O=C(O)CCc1ccc(/C(Nc2ccc(CN3CCNCC3)cc2)=C2/C(=O)Nc3cc(Cl)ccc32)cc1. The molecular weight excluding hydrogens is 488 g/mol. The summed E-state index contributed by atoms with van der Waals surface area (Å²) in [6.07, 6.45) is 0.522. The molecular formula is C29H29ClN4O3. The van der Waals surface area contributed by atoms with E-state index in [0.29, 0.717) is 28.4 Å². The van der Waals surface area contributed by atoms with Gasteiger partial charge in [-0.1, -0.05) is 54.1 Å². The molecule has 0 aromatic heterocycles. The van der Waals surface area contributed by atoms with Gasteiger partial charge in [0.15, 0.2) is 0 Å². The number of carboxylic acids is 1. The second kappa shape index (κ2) is 11.2. The summed E-state index contributed by atoms with van der Waals surface area (Å²) < 4.78 is 0. The van der Waals surface area contributed by atoms with Gasteiger partial charge in [-0.2, -0.15) is 0 Å². The van der Waals surface area contributed by atoms with Crippen molar-refractivity contribution in [3.63, 3.8) is 0 Å². The van der Waals surface area contributed by atoms with E-state index in [1.165, 1.54) is 5.56 Å². The lowest BCUT2D eigenvalue weighted by Gasteiger charge is -2.27. The Balaban J connectivity index is 1.46. The molecule has 0 bridgehead atoms. The molecule has 2 aliphatic heterocycles. The number of nitrogens with zero attached hydrogens (tertiary/aromatic N) is 1. The Morgan fingerprint density at radius 1 is 0.973 bits per heavy atom. The van der Waals surface area contributed by atoms with Crippen molar-refractivity contribution in [3.05, 3.63) is 94.0 Å². The largest absolute Gasteiger partial charge is 0.481 e. The van der Waals surface area contributed by atoms with E-state index in [9.17, 15) is 9.59 Å². The van der Waals surface area contributed by atoms with E-state index < -0.39 is 5.97 Å². The third-order valence-corrected chi connectivity index (χ3v) is 6.92. The molecule has 7 nitrogen and oxygen atoms in total. The number of hydrogen-bond acceptors (Lipinski definition) is 5. The minimum atomic E-state index is -0.827. The molecule has 1 fully saturated rings. The molecule has 0 aliphatic carbocycles. The zero-order chi connectivity index (χ0) is 25.8. The number of anilines is 2. The van der Waals surface area contributed by atoms with Gasteiger partial charge in [0.1, 0.15) is 0 Å². The van der Waals surface area contributed by atoms with E-state index in [0.717, 1.165) is 55.1 Å². The quantitative estimate of drug-likeness (QED) is 0.324. The minimum Gasteiger partial charge on any atom is -0.481 e. The zero-order valence-electron chi connectivity index (χ0n) is 20.4. The lowest BCUT2D eigenvalue weighted by Crippen LogP contribution is -2.42. The highest BCUT2D eigenvalue weighted by molar-refractivity contribution is 6.38. The van der Waals surface area contributed by atoms with Crippen molar-refractivity contribution in [2.75, 3.05) is 36.8 Å². The summed E-state index contributed by atoms with van der Waals surface area (Å²) >= 11 is 6.17. The van der Waals surface area contributed by atoms with Gasteiger partial charge in [0.2, 0.25) is 0 Å². The fraction of sp³-hybridized carbons (Fsp3) is 0.241. The summed E-state index contributed by atoms with van der Waals surface area (Å²) in [5, 5.41) is 19.4. The van der Waals surface area contributed by atoms with Gasteiger partial charge >= 0.3 is 5.97 Å². The molecule has 0 saturated carbocycles. The fourth-order valence-electron chi connectivity index (χ4n) is 4.73. The fourth-order valence-corrected chi connectivity index (χ4v) is 4.90. The Labute approximate surface area is 221 Å². The molecule has 4 N–H and O–H groups in total. The van der Waals surface area contributed by atoms with E-state index in [1.54, 1.807) is 12.1 Å². The first-order valence-electron chi connectivity index (χ1n) is 12.4. The minimum absolute atomic E-state index is 0.0718. The number of carbonyl (C=O) groups is 2. The number of piperazine rings is 1. The van der Waals surface area contributed by atoms with Crippen molar-refractivity contribution < 1.29 is 14.7 Å². The number of carbonyl (C=O) groups excluding carboxylic acids is 1. The van der Waals surface area contributed by atoms with E-state index in [4.69, 9.17) is 16.7 Å².